The van der Waals surface area contributed by atoms with Gasteiger partial charge in [0.15, 0.2) is 0 Å². The highest BCUT2D eigenvalue weighted by molar-refractivity contribution is 7.89. The van der Waals surface area contributed by atoms with Gasteiger partial charge in [-0.15, -0.1) is 0 Å². The summed E-state index contributed by atoms with van der Waals surface area (Å²) in [7, 11) is -3.67. The van der Waals surface area contributed by atoms with Crippen molar-refractivity contribution in [1.29, 1.82) is 0 Å². The number of nitrogens with one attached hydrogen (secondary N) is 2. The van der Waals surface area contributed by atoms with Crippen LogP contribution < -0.4 is 10.6 Å². The maximum Gasteiger partial charge on any atom is 0.243 e. The van der Waals surface area contributed by atoms with Crippen LogP contribution in [-0.4, -0.2) is 51.5 Å². The molecule has 1 fully saturated rings. The number of benzene rings is 2. The number of hydrogen-bond donors (Lipinski definition) is 2. The highest BCUT2D eigenvalue weighted by atomic mass is 32.2. The Morgan fingerprint density at radius 2 is 1.79 bits per heavy atom. The molecule has 1 amide bonds. The quantitative estimate of drug-likeness (QED) is 0.748. The molecule has 0 spiro atoms. The Bertz CT molecular complexity index is 1000. The number of ether oxygens (including phenoxy) is 1. The number of aryl methyl sites for hydroxylation is 2. The van der Waals surface area contributed by atoms with Gasteiger partial charge in [0, 0.05) is 24.5 Å². The van der Waals surface area contributed by atoms with Crippen LogP contribution in [0, 0.1) is 19.7 Å². The zero-order valence-electron chi connectivity index (χ0n) is 16.4. The second kappa shape index (κ2) is 8.89. The maximum atomic E-state index is 13.4. The van der Waals surface area contributed by atoms with Crippen LogP contribution in [0.1, 0.15) is 11.1 Å². The van der Waals surface area contributed by atoms with Gasteiger partial charge in [0.25, 0.3) is 0 Å². The standard InChI is InChI=1S/C20H24FN3O4S/c1-14-3-5-16(21)11-18(14)22-13-20(25)23-17-6-4-15(2)19(12-17)29(26,27)24-7-9-28-10-8-24/h3-6,11-12,22H,7-10,13H2,1-2H3,(H,23,25). The first kappa shape index (κ1) is 21.2. The molecular weight excluding hydrogens is 397 g/mol. The summed E-state index contributed by atoms with van der Waals surface area (Å²) in [6, 6.07) is 9.07. The Labute approximate surface area is 169 Å². The zero-order valence-corrected chi connectivity index (χ0v) is 17.2. The summed E-state index contributed by atoms with van der Waals surface area (Å²) in [6.45, 7) is 4.77. The third-order valence-corrected chi connectivity index (χ3v) is 6.74. The summed E-state index contributed by atoms with van der Waals surface area (Å²) in [5.74, 6) is -0.762. The van der Waals surface area contributed by atoms with Crippen molar-refractivity contribution in [2.45, 2.75) is 18.7 Å². The van der Waals surface area contributed by atoms with Crippen LogP contribution in [0.15, 0.2) is 41.3 Å². The molecule has 2 aromatic rings. The lowest BCUT2D eigenvalue weighted by Crippen LogP contribution is -2.40. The number of hydrogen-bond acceptors (Lipinski definition) is 5. The molecule has 1 heterocycles. The van der Waals surface area contributed by atoms with E-state index in [1.807, 2.05) is 6.92 Å². The number of anilines is 2. The van der Waals surface area contributed by atoms with Gasteiger partial charge in [-0.3, -0.25) is 4.79 Å². The first-order valence-electron chi connectivity index (χ1n) is 9.26. The Hall–Kier alpha value is -2.49. The monoisotopic (exact) mass is 421 g/mol. The van der Waals surface area contributed by atoms with Gasteiger partial charge in [0.05, 0.1) is 24.7 Å². The van der Waals surface area contributed by atoms with Crippen LogP contribution in [0.5, 0.6) is 0 Å². The molecule has 0 bridgehead atoms. The van der Waals surface area contributed by atoms with E-state index in [9.17, 15) is 17.6 Å². The van der Waals surface area contributed by atoms with Gasteiger partial charge in [0.1, 0.15) is 5.82 Å². The van der Waals surface area contributed by atoms with Gasteiger partial charge in [-0.05, 0) is 49.2 Å². The number of sulfonamides is 1. The summed E-state index contributed by atoms with van der Waals surface area (Å²) in [5.41, 5.74) is 2.32. The van der Waals surface area contributed by atoms with Gasteiger partial charge < -0.3 is 15.4 Å². The Balaban J connectivity index is 1.70. The topological polar surface area (TPSA) is 87.7 Å². The fourth-order valence-electron chi connectivity index (χ4n) is 3.05. The number of nitrogens with zero attached hydrogens (tertiary/aromatic N) is 1. The van der Waals surface area contributed by atoms with E-state index >= 15 is 0 Å². The largest absolute Gasteiger partial charge is 0.379 e. The molecule has 2 aromatic carbocycles. The van der Waals surface area contributed by atoms with Gasteiger partial charge in [-0.1, -0.05) is 12.1 Å². The lowest BCUT2D eigenvalue weighted by molar-refractivity contribution is -0.114. The van der Waals surface area contributed by atoms with Crippen LogP contribution in [-0.2, 0) is 19.6 Å². The molecular formula is C20H24FN3O4S. The van der Waals surface area contributed by atoms with Crippen LogP contribution in [0.2, 0.25) is 0 Å². The van der Waals surface area contributed by atoms with E-state index in [1.165, 1.54) is 22.5 Å². The predicted molar refractivity (Wildman–Crippen MR) is 109 cm³/mol. The predicted octanol–water partition coefficient (Wildman–Crippen LogP) is 2.51. The van der Waals surface area contributed by atoms with Crippen molar-refractivity contribution in [2.24, 2.45) is 0 Å². The second-order valence-electron chi connectivity index (χ2n) is 6.86. The van der Waals surface area contributed by atoms with E-state index < -0.39 is 15.8 Å². The molecule has 0 aromatic heterocycles. The first-order chi connectivity index (χ1) is 13.8. The van der Waals surface area contributed by atoms with Crippen LogP contribution in [0.3, 0.4) is 0 Å². The number of carbonyl (C=O) groups excluding carboxylic acids is 1. The fraction of sp³-hybridized carbons (Fsp3) is 0.350. The van der Waals surface area contributed by atoms with Gasteiger partial charge in [-0.25, -0.2) is 12.8 Å². The number of rotatable bonds is 6. The number of halogens is 1. The van der Waals surface area contributed by atoms with E-state index in [1.54, 1.807) is 25.1 Å². The van der Waals surface area contributed by atoms with E-state index in [-0.39, 0.29) is 17.3 Å². The van der Waals surface area contributed by atoms with Crippen molar-refractivity contribution in [1.82, 2.24) is 4.31 Å². The summed E-state index contributed by atoms with van der Waals surface area (Å²) < 4.78 is 45.8. The lowest BCUT2D eigenvalue weighted by atomic mass is 10.2. The minimum Gasteiger partial charge on any atom is -0.379 e. The Morgan fingerprint density at radius 1 is 1.10 bits per heavy atom. The van der Waals surface area contributed by atoms with Crippen molar-refractivity contribution >= 4 is 27.3 Å². The number of amides is 1. The molecule has 29 heavy (non-hydrogen) atoms. The Morgan fingerprint density at radius 3 is 2.52 bits per heavy atom. The molecule has 0 unspecified atom stereocenters. The van der Waals surface area contributed by atoms with Crippen molar-refractivity contribution in [3.8, 4) is 0 Å². The molecule has 1 saturated heterocycles. The maximum absolute atomic E-state index is 13.4. The third-order valence-electron chi connectivity index (χ3n) is 4.70. The van der Waals surface area contributed by atoms with E-state index in [0.717, 1.165) is 5.56 Å². The van der Waals surface area contributed by atoms with Crippen molar-refractivity contribution in [2.75, 3.05) is 43.5 Å². The molecule has 1 aliphatic rings. The molecule has 156 valence electrons. The fourth-order valence-corrected chi connectivity index (χ4v) is 4.71. The normalized spacial score (nSPS) is 15.1. The third kappa shape index (κ3) is 5.11. The van der Waals surface area contributed by atoms with Crippen LogP contribution in [0.25, 0.3) is 0 Å². The molecule has 0 aliphatic carbocycles. The summed E-state index contributed by atoms with van der Waals surface area (Å²) >= 11 is 0. The summed E-state index contributed by atoms with van der Waals surface area (Å²) in [4.78, 5) is 12.4. The van der Waals surface area contributed by atoms with Crippen molar-refractivity contribution in [3.05, 3.63) is 53.3 Å². The van der Waals surface area contributed by atoms with Gasteiger partial charge in [-0.2, -0.15) is 4.31 Å². The second-order valence-corrected chi connectivity index (χ2v) is 8.76. The highest BCUT2D eigenvalue weighted by Gasteiger charge is 2.28. The average molecular weight is 421 g/mol. The summed E-state index contributed by atoms with van der Waals surface area (Å²) in [6.07, 6.45) is 0. The van der Waals surface area contributed by atoms with E-state index in [2.05, 4.69) is 10.6 Å². The van der Waals surface area contributed by atoms with Crippen LogP contribution >= 0.6 is 0 Å². The molecule has 1 aliphatic heterocycles. The van der Waals surface area contributed by atoms with Crippen molar-refractivity contribution < 1.29 is 22.3 Å². The zero-order chi connectivity index (χ0) is 21.0. The van der Waals surface area contributed by atoms with Gasteiger partial charge >= 0.3 is 0 Å². The lowest BCUT2D eigenvalue weighted by Gasteiger charge is -2.26. The summed E-state index contributed by atoms with van der Waals surface area (Å²) in [5, 5.41) is 5.58. The number of carbonyl (C=O) groups is 1. The minimum atomic E-state index is -3.67. The van der Waals surface area contributed by atoms with E-state index in [0.29, 0.717) is 43.2 Å². The first-order valence-corrected chi connectivity index (χ1v) is 10.7. The smallest absolute Gasteiger partial charge is 0.243 e. The Kier molecular flexibility index (Phi) is 6.51. The van der Waals surface area contributed by atoms with Crippen LogP contribution in [0.4, 0.5) is 15.8 Å². The van der Waals surface area contributed by atoms with Crippen molar-refractivity contribution in [3.63, 3.8) is 0 Å². The molecule has 0 saturated carbocycles. The van der Waals surface area contributed by atoms with Gasteiger partial charge in [0.2, 0.25) is 15.9 Å². The SMILES string of the molecule is Cc1ccc(F)cc1NCC(=O)Nc1ccc(C)c(S(=O)(=O)N2CCOCC2)c1. The average Bonchev–Trinajstić information content (AvgIpc) is 2.70. The molecule has 3 rings (SSSR count). The van der Waals surface area contributed by atoms with E-state index in [4.69, 9.17) is 4.74 Å². The molecule has 2 N–H and O–H groups in total. The molecule has 7 nitrogen and oxygen atoms in total. The molecule has 0 atom stereocenters. The molecule has 9 heteroatoms. The minimum absolute atomic E-state index is 0.0796. The molecule has 0 radical (unpaired) electrons. The highest BCUT2D eigenvalue weighted by Crippen LogP contribution is 2.24. The number of morpholine rings is 1.